The van der Waals surface area contributed by atoms with Crippen LogP contribution in [0.15, 0.2) is 34.5 Å². The van der Waals surface area contributed by atoms with Gasteiger partial charge < -0.3 is 5.11 Å². The van der Waals surface area contributed by atoms with E-state index in [1.807, 2.05) is 45.0 Å². The fourth-order valence-corrected chi connectivity index (χ4v) is 3.75. The number of hydrogen-bond donors (Lipinski definition) is 2. The van der Waals surface area contributed by atoms with Crippen molar-refractivity contribution in [3.63, 3.8) is 0 Å². The second-order valence-corrected chi connectivity index (χ2v) is 8.47. The van der Waals surface area contributed by atoms with Crippen molar-refractivity contribution < 1.29 is 5.11 Å². The number of benzene rings is 1. The lowest BCUT2D eigenvalue weighted by Gasteiger charge is -2.15. The van der Waals surface area contributed by atoms with Gasteiger partial charge in [0.05, 0.1) is 28.2 Å². The van der Waals surface area contributed by atoms with Crippen molar-refractivity contribution >= 4 is 38.7 Å². The molecule has 0 radical (unpaired) electrons. The first-order valence-corrected chi connectivity index (χ1v) is 9.64. The van der Waals surface area contributed by atoms with E-state index in [0.29, 0.717) is 22.2 Å². The highest BCUT2D eigenvalue weighted by Crippen LogP contribution is 2.39. The first kappa shape index (κ1) is 18.8. The Bertz CT molecular complexity index is 1250. The van der Waals surface area contributed by atoms with Crippen LogP contribution in [0.25, 0.3) is 20.2 Å². The fourth-order valence-electron chi connectivity index (χ4n) is 2.83. The van der Waals surface area contributed by atoms with Crippen LogP contribution in [0.2, 0.25) is 0 Å². The Morgan fingerprint density at radius 3 is 2.69 bits per heavy atom. The van der Waals surface area contributed by atoms with Crippen molar-refractivity contribution in [2.24, 2.45) is 10.2 Å². The number of hydrogen-bond acceptors (Lipinski definition) is 7. The van der Waals surface area contributed by atoms with Crippen LogP contribution in [0.4, 0.5) is 17.2 Å². The molecular weight excluding hydrogens is 388 g/mol. The topological polar surface area (TPSA) is 109 Å². The Morgan fingerprint density at radius 2 is 2.00 bits per heavy atom. The Kier molecular flexibility index (Phi) is 4.39. The summed E-state index contributed by atoms with van der Waals surface area (Å²) < 4.78 is 2.34. The maximum atomic E-state index is 10.7. The number of aryl methyl sites for hydroxylation is 1. The second kappa shape index (κ2) is 6.79. The average Bonchev–Trinajstić information content (AvgIpc) is 3.35. The van der Waals surface area contributed by atoms with Gasteiger partial charge in [-0.2, -0.15) is 14.9 Å². The smallest absolute Gasteiger partial charge is 0.255 e. The highest BCUT2D eigenvalue weighted by molar-refractivity contribution is 7.20. The number of nitrogens with zero attached hydrogens (tertiary/aromatic N) is 7. The van der Waals surface area contributed by atoms with Gasteiger partial charge in [0, 0.05) is 0 Å². The zero-order valence-corrected chi connectivity index (χ0v) is 17.1. The van der Waals surface area contributed by atoms with Gasteiger partial charge in [0.2, 0.25) is 11.0 Å². The monoisotopic (exact) mass is 406 g/mol. The Morgan fingerprint density at radius 1 is 1.24 bits per heavy atom. The van der Waals surface area contributed by atoms with Crippen LogP contribution >= 0.6 is 11.3 Å². The predicted octanol–water partition coefficient (Wildman–Crippen LogP) is 5.48. The van der Waals surface area contributed by atoms with Crippen molar-refractivity contribution in [3.05, 3.63) is 47.1 Å². The molecule has 2 N–H and O–H groups in total. The Labute approximate surface area is 170 Å². The van der Waals surface area contributed by atoms with Gasteiger partial charge in [-0.15, -0.1) is 10.2 Å². The van der Waals surface area contributed by atoms with E-state index in [-0.39, 0.29) is 22.8 Å². The molecular formula is C19H18N8OS. The normalized spacial score (nSPS) is 12.1. The molecule has 0 atom stereocenters. The summed E-state index contributed by atoms with van der Waals surface area (Å²) in [4.78, 5) is 8.05. The van der Waals surface area contributed by atoms with Crippen LogP contribution < -0.4 is 0 Å². The lowest BCUT2D eigenvalue weighted by molar-refractivity contribution is 0.434. The molecule has 29 heavy (non-hydrogen) atoms. The second-order valence-electron chi connectivity index (χ2n) is 7.46. The molecule has 0 bridgehead atoms. The number of nitrogens with one attached hydrogen (secondary N) is 1. The summed E-state index contributed by atoms with van der Waals surface area (Å²) in [5.41, 5.74) is 2.17. The summed E-state index contributed by atoms with van der Waals surface area (Å²) in [6.45, 7) is 15.1. The number of azo groups is 1. The van der Waals surface area contributed by atoms with E-state index in [4.69, 9.17) is 6.57 Å². The van der Waals surface area contributed by atoms with Gasteiger partial charge in [-0.05, 0) is 24.5 Å². The molecule has 1 aromatic carbocycles. The lowest BCUT2D eigenvalue weighted by atomic mass is 9.91. The fraction of sp³-hybridized carbons (Fsp3) is 0.263. The van der Waals surface area contributed by atoms with Gasteiger partial charge in [-0.3, -0.25) is 5.10 Å². The standard InChI is InChI=1S/C19H18N8OS/c1-10-13(22-24-16-14(20-5)15(23-25-16)19(2,3)4)17(28)27(26-10)18-21-11-8-6-7-9-12(11)29-18/h6-9,28H,1-4H3,(H,23,25)/b24-22+. The van der Waals surface area contributed by atoms with E-state index in [9.17, 15) is 5.11 Å². The maximum Gasteiger partial charge on any atom is 0.255 e. The van der Waals surface area contributed by atoms with Crippen molar-refractivity contribution in [2.45, 2.75) is 33.1 Å². The molecule has 146 valence electrons. The molecule has 9 nitrogen and oxygen atoms in total. The van der Waals surface area contributed by atoms with Crippen LogP contribution in [0.1, 0.15) is 32.2 Å². The summed E-state index contributed by atoms with van der Waals surface area (Å²) in [5, 5.41) is 30.7. The van der Waals surface area contributed by atoms with E-state index in [2.05, 4.69) is 35.4 Å². The average molecular weight is 406 g/mol. The highest BCUT2D eigenvalue weighted by Gasteiger charge is 2.25. The number of aromatic amines is 1. The van der Waals surface area contributed by atoms with E-state index < -0.39 is 0 Å². The van der Waals surface area contributed by atoms with E-state index in [1.54, 1.807) is 6.92 Å². The summed E-state index contributed by atoms with van der Waals surface area (Å²) in [7, 11) is 0. The van der Waals surface area contributed by atoms with Crippen LogP contribution in [-0.4, -0.2) is 30.1 Å². The van der Waals surface area contributed by atoms with Crippen molar-refractivity contribution in [1.29, 1.82) is 0 Å². The van der Waals surface area contributed by atoms with Gasteiger partial charge >= 0.3 is 0 Å². The zero-order chi connectivity index (χ0) is 20.8. The third-order valence-corrected chi connectivity index (χ3v) is 5.28. The molecule has 0 unspecified atom stereocenters. The first-order valence-electron chi connectivity index (χ1n) is 8.82. The van der Waals surface area contributed by atoms with Gasteiger partial charge in [-0.25, -0.2) is 9.83 Å². The lowest BCUT2D eigenvalue weighted by Crippen LogP contribution is -2.11. The number of aromatic nitrogens is 5. The largest absolute Gasteiger partial charge is 0.492 e. The van der Waals surface area contributed by atoms with Crippen molar-refractivity contribution in [2.75, 3.05) is 0 Å². The molecule has 0 aliphatic rings. The molecule has 10 heteroatoms. The minimum absolute atomic E-state index is 0.162. The first-order chi connectivity index (χ1) is 13.8. The number of H-pyrrole nitrogens is 1. The Hall–Kier alpha value is -3.58. The predicted molar refractivity (Wildman–Crippen MR) is 111 cm³/mol. The van der Waals surface area contributed by atoms with Gasteiger partial charge in [0.1, 0.15) is 0 Å². The molecule has 3 aromatic heterocycles. The summed E-state index contributed by atoms with van der Waals surface area (Å²) in [6, 6.07) is 7.70. The van der Waals surface area contributed by atoms with Crippen LogP contribution in [0.5, 0.6) is 5.88 Å². The highest BCUT2D eigenvalue weighted by atomic mass is 32.1. The molecule has 0 spiro atoms. The van der Waals surface area contributed by atoms with Crippen LogP contribution in [-0.2, 0) is 5.41 Å². The number of fused-ring (bicyclic) bond motifs is 1. The molecule has 0 saturated heterocycles. The van der Waals surface area contributed by atoms with E-state index >= 15 is 0 Å². The van der Waals surface area contributed by atoms with Crippen molar-refractivity contribution in [1.82, 2.24) is 25.0 Å². The number of aromatic hydroxyl groups is 1. The van der Waals surface area contributed by atoms with Gasteiger partial charge in [-0.1, -0.05) is 44.2 Å². The third-order valence-electron chi connectivity index (χ3n) is 4.26. The summed E-state index contributed by atoms with van der Waals surface area (Å²) >= 11 is 1.41. The van der Waals surface area contributed by atoms with E-state index in [0.717, 1.165) is 10.2 Å². The quantitative estimate of drug-likeness (QED) is 0.347. The summed E-state index contributed by atoms with van der Waals surface area (Å²) in [5.74, 6) is 0.0849. The van der Waals surface area contributed by atoms with E-state index in [1.165, 1.54) is 16.0 Å². The molecule has 0 aliphatic carbocycles. The molecule has 0 saturated carbocycles. The molecule has 4 aromatic rings. The zero-order valence-electron chi connectivity index (χ0n) is 16.3. The number of para-hydroxylation sites is 1. The minimum atomic E-state index is -0.306. The SMILES string of the molecule is [C-]#[N+]c1c(C(C)(C)C)n[nH]c1/N=N/c1c(C)nn(-c2nc3ccccc3s2)c1O. The number of thiazole rings is 1. The maximum absolute atomic E-state index is 10.7. The van der Waals surface area contributed by atoms with Crippen molar-refractivity contribution in [3.8, 4) is 11.0 Å². The van der Waals surface area contributed by atoms with Crippen LogP contribution in [0.3, 0.4) is 0 Å². The Balaban J connectivity index is 1.73. The number of rotatable bonds is 3. The molecule has 0 aliphatic heterocycles. The molecule has 0 fully saturated rings. The van der Waals surface area contributed by atoms with Gasteiger partial charge in [0.15, 0.2) is 11.5 Å². The molecule has 0 amide bonds. The van der Waals surface area contributed by atoms with Crippen LogP contribution in [0, 0.1) is 13.5 Å². The minimum Gasteiger partial charge on any atom is -0.492 e. The molecule has 3 heterocycles. The molecule has 4 rings (SSSR count). The third kappa shape index (κ3) is 3.25. The van der Waals surface area contributed by atoms with Gasteiger partial charge in [0.25, 0.3) is 5.69 Å². The summed E-state index contributed by atoms with van der Waals surface area (Å²) in [6.07, 6.45) is 0.